The van der Waals surface area contributed by atoms with Gasteiger partial charge in [-0.25, -0.2) is 4.98 Å². The molecular formula is C22H28ClN5O2. The van der Waals surface area contributed by atoms with Crippen molar-refractivity contribution in [1.82, 2.24) is 19.8 Å². The lowest BCUT2D eigenvalue weighted by Gasteiger charge is -2.37. The van der Waals surface area contributed by atoms with Crippen LogP contribution in [0.5, 0.6) is 0 Å². The van der Waals surface area contributed by atoms with Crippen LogP contribution in [0, 0.1) is 0 Å². The van der Waals surface area contributed by atoms with Crippen LogP contribution in [-0.2, 0) is 4.79 Å². The number of hydrogen-bond acceptors (Lipinski definition) is 5. The van der Waals surface area contributed by atoms with Gasteiger partial charge in [-0.05, 0) is 31.5 Å². The van der Waals surface area contributed by atoms with Gasteiger partial charge in [0.25, 0.3) is 5.91 Å². The molecule has 2 heterocycles. The molecule has 0 radical (unpaired) electrons. The van der Waals surface area contributed by atoms with E-state index in [1.165, 1.54) is 18.6 Å². The molecule has 3 rings (SSSR count). The van der Waals surface area contributed by atoms with Crippen molar-refractivity contribution in [2.45, 2.75) is 32.7 Å². The minimum absolute atomic E-state index is 0.0204. The molecule has 0 aliphatic carbocycles. The molecule has 1 saturated heterocycles. The first-order valence-corrected chi connectivity index (χ1v) is 10.7. The minimum atomic E-state index is -0.184. The smallest absolute Gasteiger partial charge is 0.274 e. The second-order valence-electron chi connectivity index (χ2n) is 7.44. The van der Waals surface area contributed by atoms with Crippen LogP contribution in [0.3, 0.4) is 0 Å². The molecule has 7 nitrogen and oxygen atoms in total. The summed E-state index contributed by atoms with van der Waals surface area (Å²) in [6.45, 7) is 7.23. The summed E-state index contributed by atoms with van der Waals surface area (Å²) in [5.41, 5.74) is 1.38. The lowest BCUT2D eigenvalue weighted by molar-refractivity contribution is -0.131. The average molecular weight is 430 g/mol. The van der Waals surface area contributed by atoms with Crippen molar-refractivity contribution in [3.63, 3.8) is 0 Å². The van der Waals surface area contributed by atoms with Gasteiger partial charge in [0, 0.05) is 68.3 Å². The van der Waals surface area contributed by atoms with E-state index >= 15 is 0 Å². The molecule has 8 heteroatoms. The van der Waals surface area contributed by atoms with E-state index in [0.29, 0.717) is 36.8 Å². The number of piperazine rings is 1. The zero-order valence-electron chi connectivity index (χ0n) is 17.5. The van der Waals surface area contributed by atoms with Crippen LogP contribution < -0.4 is 4.90 Å². The molecule has 0 spiro atoms. The van der Waals surface area contributed by atoms with E-state index in [1.807, 2.05) is 43.0 Å². The van der Waals surface area contributed by atoms with Gasteiger partial charge in [0.1, 0.15) is 5.69 Å². The Morgan fingerprint density at radius 2 is 1.97 bits per heavy atom. The standard InChI is InChI=1S/C22H28ClN5O2/c1-3-17(2)28(22(30)20-16-24-8-9-25-20)10-7-21(29)27-13-11-26(12-14-27)19-6-4-5-18(23)15-19/h4-6,8-9,15-17H,3,7,10-14H2,1-2H3. The number of carbonyl (C=O) groups is 2. The Labute approximate surface area is 182 Å². The summed E-state index contributed by atoms with van der Waals surface area (Å²) in [5, 5.41) is 0.712. The second-order valence-corrected chi connectivity index (χ2v) is 7.88. The van der Waals surface area contributed by atoms with Crippen molar-refractivity contribution in [1.29, 1.82) is 0 Å². The monoisotopic (exact) mass is 429 g/mol. The second kappa shape index (κ2) is 10.4. The fourth-order valence-corrected chi connectivity index (χ4v) is 3.74. The first kappa shape index (κ1) is 22.0. The molecule has 1 fully saturated rings. The number of carbonyl (C=O) groups excluding carboxylic acids is 2. The van der Waals surface area contributed by atoms with Crippen molar-refractivity contribution in [2.24, 2.45) is 0 Å². The van der Waals surface area contributed by atoms with Crippen molar-refractivity contribution < 1.29 is 9.59 Å². The summed E-state index contributed by atoms with van der Waals surface area (Å²) in [7, 11) is 0. The number of anilines is 1. The molecule has 1 aliphatic heterocycles. The Kier molecular flexibility index (Phi) is 7.63. The molecule has 0 saturated carbocycles. The van der Waals surface area contributed by atoms with E-state index in [1.54, 1.807) is 4.90 Å². The predicted octanol–water partition coefficient (Wildman–Crippen LogP) is 3.11. The highest BCUT2D eigenvalue weighted by molar-refractivity contribution is 6.30. The minimum Gasteiger partial charge on any atom is -0.368 e. The van der Waals surface area contributed by atoms with Gasteiger partial charge < -0.3 is 14.7 Å². The molecule has 2 amide bonds. The highest BCUT2D eigenvalue weighted by Gasteiger charge is 2.25. The summed E-state index contributed by atoms with van der Waals surface area (Å²) < 4.78 is 0. The van der Waals surface area contributed by atoms with E-state index in [-0.39, 0.29) is 17.9 Å². The maximum Gasteiger partial charge on any atom is 0.274 e. The van der Waals surface area contributed by atoms with Gasteiger partial charge in [0.15, 0.2) is 0 Å². The summed E-state index contributed by atoms with van der Waals surface area (Å²) >= 11 is 6.09. The van der Waals surface area contributed by atoms with E-state index in [9.17, 15) is 9.59 Å². The van der Waals surface area contributed by atoms with Crippen LogP contribution in [0.4, 0.5) is 5.69 Å². The molecule has 2 aromatic rings. The molecule has 0 bridgehead atoms. The Balaban J connectivity index is 1.55. The third-order valence-corrected chi connectivity index (χ3v) is 5.77. The van der Waals surface area contributed by atoms with E-state index < -0.39 is 0 Å². The molecule has 1 atom stereocenters. The number of aromatic nitrogens is 2. The predicted molar refractivity (Wildman–Crippen MR) is 118 cm³/mol. The summed E-state index contributed by atoms with van der Waals surface area (Å²) in [6, 6.07) is 7.79. The zero-order chi connectivity index (χ0) is 21.5. The Morgan fingerprint density at radius 3 is 2.60 bits per heavy atom. The van der Waals surface area contributed by atoms with Crippen LogP contribution in [-0.4, -0.2) is 70.3 Å². The fraction of sp³-hybridized carbons (Fsp3) is 0.455. The van der Waals surface area contributed by atoms with Crippen LogP contribution in [0.25, 0.3) is 0 Å². The van der Waals surface area contributed by atoms with Crippen LogP contribution in [0.15, 0.2) is 42.9 Å². The van der Waals surface area contributed by atoms with Crippen molar-refractivity contribution in [2.75, 3.05) is 37.6 Å². The van der Waals surface area contributed by atoms with Crippen molar-refractivity contribution >= 4 is 29.1 Å². The van der Waals surface area contributed by atoms with E-state index in [0.717, 1.165) is 25.2 Å². The van der Waals surface area contributed by atoms with Crippen LogP contribution in [0.1, 0.15) is 37.2 Å². The van der Waals surface area contributed by atoms with Gasteiger partial charge in [-0.1, -0.05) is 24.6 Å². The fourth-order valence-electron chi connectivity index (χ4n) is 3.56. The van der Waals surface area contributed by atoms with E-state index in [2.05, 4.69) is 14.9 Å². The molecule has 1 aromatic carbocycles. The summed E-state index contributed by atoms with van der Waals surface area (Å²) in [6.07, 6.45) is 5.62. The topological polar surface area (TPSA) is 69.6 Å². The highest BCUT2D eigenvalue weighted by atomic mass is 35.5. The normalized spacial score (nSPS) is 15.0. The number of rotatable bonds is 7. The molecule has 1 unspecified atom stereocenters. The third kappa shape index (κ3) is 5.48. The average Bonchev–Trinajstić information content (AvgIpc) is 2.79. The SMILES string of the molecule is CCC(C)N(CCC(=O)N1CCN(c2cccc(Cl)c2)CC1)C(=O)c1cnccn1. The summed E-state index contributed by atoms with van der Waals surface area (Å²) in [5.74, 6) is -0.114. The first-order valence-electron chi connectivity index (χ1n) is 10.3. The number of hydrogen-bond donors (Lipinski definition) is 0. The maximum atomic E-state index is 12.8. The third-order valence-electron chi connectivity index (χ3n) is 5.54. The largest absolute Gasteiger partial charge is 0.368 e. The zero-order valence-corrected chi connectivity index (χ0v) is 18.3. The van der Waals surface area contributed by atoms with Gasteiger partial charge in [-0.3, -0.25) is 14.6 Å². The quantitative estimate of drug-likeness (QED) is 0.676. The Morgan fingerprint density at radius 1 is 1.20 bits per heavy atom. The van der Waals surface area contributed by atoms with Gasteiger partial charge in [-0.15, -0.1) is 0 Å². The lowest BCUT2D eigenvalue weighted by atomic mass is 10.1. The molecule has 1 aromatic heterocycles. The lowest BCUT2D eigenvalue weighted by Crippen LogP contribution is -2.49. The van der Waals surface area contributed by atoms with Gasteiger partial charge in [0.2, 0.25) is 5.91 Å². The molecule has 0 N–H and O–H groups in total. The molecule has 1 aliphatic rings. The maximum absolute atomic E-state index is 12.8. The summed E-state index contributed by atoms with van der Waals surface area (Å²) in [4.78, 5) is 39.6. The molecule has 30 heavy (non-hydrogen) atoms. The number of amides is 2. The molecular weight excluding hydrogens is 402 g/mol. The van der Waals surface area contributed by atoms with Gasteiger partial charge >= 0.3 is 0 Å². The van der Waals surface area contributed by atoms with Crippen molar-refractivity contribution in [3.05, 3.63) is 53.6 Å². The number of halogens is 1. The van der Waals surface area contributed by atoms with Crippen LogP contribution in [0.2, 0.25) is 5.02 Å². The van der Waals surface area contributed by atoms with Gasteiger partial charge in [0.05, 0.1) is 6.20 Å². The number of nitrogens with zero attached hydrogens (tertiary/aromatic N) is 5. The Hall–Kier alpha value is -2.67. The number of benzene rings is 1. The van der Waals surface area contributed by atoms with Gasteiger partial charge in [-0.2, -0.15) is 0 Å². The van der Waals surface area contributed by atoms with E-state index in [4.69, 9.17) is 11.6 Å². The van der Waals surface area contributed by atoms with Crippen molar-refractivity contribution in [3.8, 4) is 0 Å². The highest BCUT2D eigenvalue weighted by Crippen LogP contribution is 2.21. The Bertz CT molecular complexity index is 856. The van der Waals surface area contributed by atoms with Crippen LogP contribution >= 0.6 is 11.6 Å². The molecule has 160 valence electrons. The first-order chi connectivity index (χ1) is 14.5.